The van der Waals surface area contributed by atoms with Gasteiger partial charge in [-0.2, -0.15) is 0 Å². The molecule has 2 N–H and O–H groups in total. The summed E-state index contributed by atoms with van der Waals surface area (Å²) in [7, 11) is -2.73. The number of hydrogen-bond acceptors (Lipinski definition) is 3. The van der Waals surface area contributed by atoms with Crippen LogP contribution >= 0.6 is 0 Å². The quantitative estimate of drug-likeness (QED) is 0.775. The van der Waals surface area contributed by atoms with Crippen molar-refractivity contribution in [2.24, 2.45) is 17.6 Å². The van der Waals surface area contributed by atoms with Gasteiger partial charge in [-0.25, -0.2) is 8.42 Å². The zero-order chi connectivity index (χ0) is 10.8. The van der Waals surface area contributed by atoms with Crippen molar-refractivity contribution in [3.05, 3.63) is 0 Å². The molecule has 1 unspecified atom stereocenters. The molecular formula is C10H21NO2S. The van der Waals surface area contributed by atoms with Crippen LogP contribution in [-0.4, -0.2) is 26.0 Å². The highest BCUT2D eigenvalue weighted by Gasteiger charge is 2.27. The minimum absolute atomic E-state index is 0.186. The van der Waals surface area contributed by atoms with Gasteiger partial charge < -0.3 is 5.73 Å². The zero-order valence-electron chi connectivity index (χ0n) is 9.07. The van der Waals surface area contributed by atoms with Gasteiger partial charge in [-0.3, -0.25) is 0 Å². The summed E-state index contributed by atoms with van der Waals surface area (Å²) in [5, 5.41) is 0. The molecule has 3 nitrogen and oxygen atoms in total. The molecule has 0 saturated carbocycles. The average molecular weight is 219 g/mol. The fraction of sp³-hybridized carbons (Fsp3) is 1.00. The van der Waals surface area contributed by atoms with Crippen LogP contribution in [0.25, 0.3) is 0 Å². The standard InChI is InChI=1S/C10H21NO2S/c1-8(2)7-10(11)9-3-5-14(12,13)6-4-9/h8-10H,3-7,11H2,1-2H3. The third-order valence-corrected chi connectivity index (χ3v) is 4.66. The summed E-state index contributed by atoms with van der Waals surface area (Å²) in [6.07, 6.45) is 2.52. The van der Waals surface area contributed by atoms with Gasteiger partial charge in [-0.1, -0.05) is 13.8 Å². The zero-order valence-corrected chi connectivity index (χ0v) is 9.89. The van der Waals surface area contributed by atoms with Crippen LogP contribution < -0.4 is 5.73 Å². The molecular weight excluding hydrogens is 198 g/mol. The fourth-order valence-corrected chi connectivity index (χ4v) is 3.60. The van der Waals surface area contributed by atoms with Crippen LogP contribution in [0, 0.1) is 11.8 Å². The summed E-state index contributed by atoms with van der Waals surface area (Å²) in [6, 6.07) is 0.186. The minimum atomic E-state index is -2.73. The fourth-order valence-electron chi connectivity index (χ4n) is 2.07. The van der Waals surface area contributed by atoms with Crippen molar-refractivity contribution < 1.29 is 8.42 Å². The molecule has 1 aliphatic rings. The molecule has 4 heteroatoms. The van der Waals surface area contributed by atoms with Gasteiger partial charge in [0.25, 0.3) is 0 Å². The largest absolute Gasteiger partial charge is 0.327 e. The summed E-state index contributed by atoms with van der Waals surface area (Å²) < 4.78 is 22.4. The molecule has 1 saturated heterocycles. The van der Waals surface area contributed by atoms with Crippen molar-refractivity contribution in [1.29, 1.82) is 0 Å². The highest BCUT2D eigenvalue weighted by atomic mass is 32.2. The highest BCUT2D eigenvalue weighted by molar-refractivity contribution is 7.91. The van der Waals surface area contributed by atoms with Crippen LogP contribution in [0.2, 0.25) is 0 Å². The lowest BCUT2D eigenvalue weighted by Crippen LogP contribution is -2.37. The Morgan fingerprint density at radius 2 is 1.79 bits per heavy atom. The molecule has 14 heavy (non-hydrogen) atoms. The molecule has 1 rings (SSSR count). The van der Waals surface area contributed by atoms with E-state index in [0.29, 0.717) is 23.3 Å². The number of nitrogens with two attached hydrogens (primary N) is 1. The third kappa shape index (κ3) is 3.58. The van der Waals surface area contributed by atoms with Crippen LogP contribution in [0.5, 0.6) is 0 Å². The maximum absolute atomic E-state index is 11.2. The summed E-state index contributed by atoms with van der Waals surface area (Å²) in [5.41, 5.74) is 6.04. The van der Waals surface area contributed by atoms with Crippen molar-refractivity contribution in [2.75, 3.05) is 11.5 Å². The molecule has 0 spiro atoms. The molecule has 0 aromatic rings. The van der Waals surface area contributed by atoms with E-state index in [1.165, 1.54) is 0 Å². The lowest BCUT2D eigenvalue weighted by atomic mass is 9.89. The maximum atomic E-state index is 11.2. The Balaban J connectivity index is 2.41. The van der Waals surface area contributed by atoms with Crippen LogP contribution in [-0.2, 0) is 9.84 Å². The molecule has 0 radical (unpaired) electrons. The predicted molar refractivity (Wildman–Crippen MR) is 58.8 cm³/mol. The second-order valence-corrected chi connectivity index (χ2v) is 7.09. The Labute approximate surface area is 87.0 Å². The van der Waals surface area contributed by atoms with Crippen LogP contribution in [0.4, 0.5) is 0 Å². The van der Waals surface area contributed by atoms with Crippen LogP contribution in [0.1, 0.15) is 33.1 Å². The Kier molecular flexibility index (Phi) is 3.95. The van der Waals surface area contributed by atoms with Crippen LogP contribution in [0.3, 0.4) is 0 Å². The molecule has 84 valence electrons. The Hall–Kier alpha value is -0.0900. The predicted octanol–water partition coefficient (Wildman–Crippen LogP) is 1.18. The van der Waals surface area contributed by atoms with E-state index in [-0.39, 0.29) is 6.04 Å². The first kappa shape index (κ1) is 12.0. The van der Waals surface area contributed by atoms with Gasteiger partial charge >= 0.3 is 0 Å². The molecule has 1 aliphatic heterocycles. The van der Waals surface area contributed by atoms with E-state index in [1.54, 1.807) is 0 Å². The molecule has 0 bridgehead atoms. The molecule has 0 amide bonds. The Morgan fingerprint density at radius 3 is 2.21 bits per heavy atom. The van der Waals surface area contributed by atoms with Gasteiger partial charge in [0.15, 0.2) is 0 Å². The topological polar surface area (TPSA) is 60.2 Å². The lowest BCUT2D eigenvalue weighted by molar-refractivity contribution is 0.337. The van der Waals surface area contributed by atoms with Crippen LogP contribution in [0.15, 0.2) is 0 Å². The first-order valence-corrected chi connectivity index (χ1v) is 7.19. The van der Waals surface area contributed by atoms with Crippen molar-refractivity contribution in [2.45, 2.75) is 39.2 Å². The highest BCUT2D eigenvalue weighted by Crippen LogP contribution is 2.24. The normalized spacial score (nSPS) is 25.1. The summed E-state index contributed by atoms with van der Waals surface area (Å²) in [5.74, 6) is 1.69. The first-order valence-electron chi connectivity index (χ1n) is 5.37. The van der Waals surface area contributed by atoms with E-state index in [1.807, 2.05) is 0 Å². The second-order valence-electron chi connectivity index (χ2n) is 4.78. The van der Waals surface area contributed by atoms with Crippen molar-refractivity contribution in [3.63, 3.8) is 0 Å². The van der Waals surface area contributed by atoms with Crippen molar-refractivity contribution >= 4 is 9.84 Å². The van der Waals surface area contributed by atoms with Gasteiger partial charge in [0.2, 0.25) is 0 Å². The summed E-state index contributed by atoms with van der Waals surface area (Å²) in [4.78, 5) is 0. The molecule has 0 aromatic carbocycles. The molecule has 0 aromatic heterocycles. The van der Waals surface area contributed by atoms with Gasteiger partial charge in [-0.05, 0) is 31.1 Å². The van der Waals surface area contributed by atoms with E-state index >= 15 is 0 Å². The van der Waals surface area contributed by atoms with E-state index < -0.39 is 9.84 Å². The number of hydrogen-bond donors (Lipinski definition) is 1. The second kappa shape index (κ2) is 4.62. The molecule has 1 heterocycles. The number of sulfone groups is 1. The van der Waals surface area contributed by atoms with Gasteiger partial charge in [0.05, 0.1) is 11.5 Å². The van der Waals surface area contributed by atoms with E-state index in [2.05, 4.69) is 13.8 Å². The van der Waals surface area contributed by atoms with E-state index in [0.717, 1.165) is 19.3 Å². The van der Waals surface area contributed by atoms with E-state index in [9.17, 15) is 8.42 Å². The summed E-state index contributed by atoms with van der Waals surface area (Å²) in [6.45, 7) is 4.30. The van der Waals surface area contributed by atoms with Crippen molar-refractivity contribution in [1.82, 2.24) is 0 Å². The molecule has 1 atom stereocenters. The summed E-state index contributed by atoms with van der Waals surface area (Å²) >= 11 is 0. The molecule has 0 aliphatic carbocycles. The SMILES string of the molecule is CC(C)CC(N)C1CCS(=O)(=O)CC1. The average Bonchev–Trinajstić information content (AvgIpc) is 2.02. The number of rotatable bonds is 3. The van der Waals surface area contributed by atoms with Gasteiger partial charge in [0, 0.05) is 6.04 Å². The maximum Gasteiger partial charge on any atom is 0.150 e. The van der Waals surface area contributed by atoms with E-state index in [4.69, 9.17) is 5.73 Å². The monoisotopic (exact) mass is 219 g/mol. The first-order chi connectivity index (χ1) is 6.41. The minimum Gasteiger partial charge on any atom is -0.327 e. The van der Waals surface area contributed by atoms with Gasteiger partial charge in [-0.15, -0.1) is 0 Å². The third-order valence-electron chi connectivity index (χ3n) is 2.95. The van der Waals surface area contributed by atoms with Gasteiger partial charge in [0.1, 0.15) is 9.84 Å². The lowest BCUT2D eigenvalue weighted by Gasteiger charge is -2.28. The Bertz CT molecular complexity index is 258. The molecule has 1 fully saturated rings. The van der Waals surface area contributed by atoms with Crippen molar-refractivity contribution in [3.8, 4) is 0 Å². The Morgan fingerprint density at radius 1 is 1.29 bits per heavy atom. The smallest absolute Gasteiger partial charge is 0.150 e.